The molecule has 7 heteroatoms. The van der Waals surface area contributed by atoms with Gasteiger partial charge < -0.3 is 24.3 Å². The maximum Gasteiger partial charge on any atom is 0.502 e. The topological polar surface area (TPSA) is 82.8 Å². The minimum Gasteiger partial charge on any atom is -0.374 e. The van der Waals surface area contributed by atoms with Gasteiger partial charge in [0.25, 0.3) is 0 Å². The van der Waals surface area contributed by atoms with Crippen molar-refractivity contribution in [2.24, 2.45) is 5.73 Å². The highest BCUT2D eigenvalue weighted by molar-refractivity contribution is 6.60. The van der Waals surface area contributed by atoms with Gasteiger partial charge in [0, 0.05) is 19.3 Å². The standard InChI is InChI=1S/C11H26N2O4Si/c1-5-8-9-18(15-6-2,16-7-3)17-10(4)13-11(12)14/h10H,5-9H2,1-4H3,(H3,12,13,14). The Hall–Kier alpha value is -0.633. The molecule has 2 amide bonds. The van der Waals surface area contributed by atoms with Crippen LogP contribution in [0, 0.1) is 0 Å². The molecule has 108 valence electrons. The summed E-state index contributed by atoms with van der Waals surface area (Å²) in [6.45, 7) is 8.68. The second kappa shape index (κ2) is 9.32. The average molecular weight is 278 g/mol. The molecule has 0 aromatic rings. The molecule has 18 heavy (non-hydrogen) atoms. The minimum absolute atomic E-state index is 0.510. The Morgan fingerprint density at radius 3 is 2.22 bits per heavy atom. The van der Waals surface area contributed by atoms with E-state index in [4.69, 9.17) is 19.0 Å². The molecule has 0 saturated carbocycles. The largest absolute Gasteiger partial charge is 0.502 e. The number of carbonyl (C=O) groups is 1. The van der Waals surface area contributed by atoms with Gasteiger partial charge in [-0.15, -0.1) is 0 Å². The van der Waals surface area contributed by atoms with Crippen LogP contribution in [0.25, 0.3) is 0 Å². The molecule has 1 atom stereocenters. The van der Waals surface area contributed by atoms with Crippen molar-refractivity contribution in [1.82, 2.24) is 5.32 Å². The van der Waals surface area contributed by atoms with E-state index < -0.39 is 21.1 Å². The van der Waals surface area contributed by atoms with E-state index in [-0.39, 0.29) is 0 Å². The van der Waals surface area contributed by atoms with Gasteiger partial charge in [-0.25, -0.2) is 4.79 Å². The fourth-order valence-electron chi connectivity index (χ4n) is 1.65. The van der Waals surface area contributed by atoms with Crippen LogP contribution in [0.15, 0.2) is 0 Å². The Balaban J connectivity index is 4.62. The SMILES string of the molecule is CCCC[Si](OCC)(OCC)OC(C)NC(N)=O. The molecule has 0 fully saturated rings. The Morgan fingerprint density at radius 1 is 1.28 bits per heavy atom. The molecule has 0 rings (SSSR count). The molecule has 0 aliphatic carbocycles. The highest BCUT2D eigenvalue weighted by Gasteiger charge is 2.41. The van der Waals surface area contributed by atoms with Gasteiger partial charge in [0.05, 0.1) is 0 Å². The maximum atomic E-state index is 10.8. The maximum absolute atomic E-state index is 10.8. The lowest BCUT2D eigenvalue weighted by atomic mass is 10.4. The van der Waals surface area contributed by atoms with Crippen molar-refractivity contribution in [3.05, 3.63) is 0 Å². The predicted molar refractivity (Wildman–Crippen MR) is 72.0 cm³/mol. The molecule has 6 nitrogen and oxygen atoms in total. The lowest BCUT2D eigenvalue weighted by Crippen LogP contribution is -2.52. The van der Waals surface area contributed by atoms with Gasteiger partial charge in [-0.05, 0) is 27.2 Å². The first-order valence-electron chi connectivity index (χ1n) is 6.51. The van der Waals surface area contributed by atoms with Crippen molar-refractivity contribution in [2.45, 2.75) is 52.8 Å². The Bertz CT molecular complexity index is 235. The van der Waals surface area contributed by atoms with Gasteiger partial charge in [-0.3, -0.25) is 0 Å². The molecule has 0 saturated heterocycles. The fraction of sp³-hybridized carbons (Fsp3) is 0.909. The van der Waals surface area contributed by atoms with Crippen molar-refractivity contribution in [2.75, 3.05) is 13.2 Å². The third kappa shape index (κ3) is 6.95. The molecule has 1 unspecified atom stereocenters. The zero-order valence-corrected chi connectivity index (χ0v) is 12.8. The van der Waals surface area contributed by atoms with Crippen molar-refractivity contribution in [3.63, 3.8) is 0 Å². The van der Waals surface area contributed by atoms with Crippen LogP contribution in [0.2, 0.25) is 6.04 Å². The van der Waals surface area contributed by atoms with Crippen LogP contribution < -0.4 is 11.1 Å². The van der Waals surface area contributed by atoms with Gasteiger partial charge in [0.2, 0.25) is 0 Å². The van der Waals surface area contributed by atoms with Crippen LogP contribution in [0.4, 0.5) is 4.79 Å². The molecule has 0 aromatic heterocycles. The molecule has 0 aromatic carbocycles. The van der Waals surface area contributed by atoms with Crippen LogP contribution in [-0.2, 0) is 13.3 Å². The quantitative estimate of drug-likeness (QED) is 0.472. The highest BCUT2D eigenvalue weighted by atomic mass is 28.4. The summed E-state index contributed by atoms with van der Waals surface area (Å²) in [6.07, 6.45) is 1.50. The van der Waals surface area contributed by atoms with E-state index in [1.54, 1.807) is 6.92 Å². The van der Waals surface area contributed by atoms with E-state index in [0.29, 0.717) is 13.2 Å². The number of hydrogen-bond donors (Lipinski definition) is 2. The third-order valence-corrected chi connectivity index (χ3v) is 5.40. The van der Waals surface area contributed by atoms with E-state index in [1.807, 2.05) is 13.8 Å². The lowest BCUT2D eigenvalue weighted by molar-refractivity contribution is 0.0308. The van der Waals surface area contributed by atoms with E-state index >= 15 is 0 Å². The summed E-state index contributed by atoms with van der Waals surface area (Å²) >= 11 is 0. The second-order valence-electron chi connectivity index (χ2n) is 3.92. The number of rotatable bonds is 10. The summed E-state index contributed by atoms with van der Waals surface area (Å²) in [5.74, 6) is 0. The molecule has 0 aliphatic rings. The first-order chi connectivity index (χ1) is 8.49. The van der Waals surface area contributed by atoms with Crippen LogP contribution in [0.1, 0.15) is 40.5 Å². The van der Waals surface area contributed by atoms with E-state index in [2.05, 4.69) is 12.2 Å². The zero-order chi connectivity index (χ0) is 14.0. The summed E-state index contributed by atoms with van der Waals surface area (Å²) in [7, 11) is -2.72. The van der Waals surface area contributed by atoms with Gasteiger partial charge >= 0.3 is 14.8 Å². The average Bonchev–Trinajstić information content (AvgIpc) is 2.25. The molecule has 0 radical (unpaired) electrons. The predicted octanol–water partition coefficient (Wildman–Crippen LogP) is 1.83. The van der Waals surface area contributed by atoms with E-state index in [0.717, 1.165) is 18.9 Å². The Morgan fingerprint density at radius 2 is 1.83 bits per heavy atom. The molecule has 0 aliphatic heterocycles. The monoisotopic (exact) mass is 278 g/mol. The third-order valence-electron chi connectivity index (χ3n) is 2.27. The fourth-order valence-corrected chi connectivity index (χ4v) is 4.53. The van der Waals surface area contributed by atoms with Crippen molar-refractivity contribution >= 4 is 14.8 Å². The number of amides is 2. The number of primary amides is 1. The molecular weight excluding hydrogens is 252 g/mol. The van der Waals surface area contributed by atoms with Gasteiger partial charge in [0.1, 0.15) is 6.23 Å². The van der Waals surface area contributed by atoms with Gasteiger partial charge in [-0.2, -0.15) is 0 Å². The van der Waals surface area contributed by atoms with Crippen LogP contribution >= 0.6 is 0 Å². The molecular formula is C11H26N2O4Si. The summed E-state index contributed by atoms with van der Waals surface area (Å²) < 4.78 is 17.3. The smallest absolute Gasteiger partial charge is 0.374 e. The van der Waals surface area contributed by atoms with Gasteiger partial charge in [0.15, 0.2) is 0 Å². The number of carbonyl (C=O) groups excluding carboxylic acids is 1. The number of nitrogens with one attached hydrogen (secondary N) is 1. The number of nitrogens with two attached hydrogens (primary N) is 1. The van der Waals surface area contributed by atoms with E-state index in [1.165, 1.54) is 0 Å². The summed E-state index contributed by atoms with van der Waals surface area (Å²) in [5, 5.41) is 2.48. The van der Waals surface area contributed by atoms with E-state index in [9.17, 15) is 4.79 Å². The lowest BCUT2D eigenvalue weighted by Gasteiger charge is -2.31. The van der Waals surface area contributed by atoms with Crippen molar-refractivity contribution in [3.8, 4) is 0 Å². The Labute approximate surface area is 111 Å². The number of urea groups is 1. The van der Waals surface area contributed by atoms with Crippen LogP contribution in [-0.4, -0.2) is 34.3 Å². The number of unbranched alkanes of at least 4 members (excludes halogenated alkanes) is 1. The summed E-state index contributed by atoms with van der Waals surface area (Å²) in [6, 6.07) is 0.129. The van der Waals surface area contributed by atoms with Crippen molar-refractivity contribution < 1.29 is 18.1 Å². The molecule has 3 N–H and O–H groups in total. The first-order valence-corrected chi connectivity index (χ1v) is 8.44. The van der Waals surface area contributed by atoms with Gasteiger partial charge in [-0.1, -0.05) is 13.3 Å². The van der Waals surface area contributed by atoms with Crippen LogP contribution in [0.3, 0.4) is 0 Å². The number of hydrogen-bond acceptors (Lipinski definition) is 4. The minimum atomic E-state index is -2.72. The zero-order valence-electron chi connectivity index (χ0n) is 11.8. The normalized spacial score (nSPS) is 13.3. The van der Waals surface area contributed by atoms with Crippen molar-refractivity contribution in [1.29, 1.82) is 0 Å². The molecule has 0 spiro atoms. The summed E-state index contributed by atoms with van der Waals surface area (Å²) in [5.41, 5.74) is 5.06. The molecule has 0 heterocycles. The second-order valence-corrected chi connectivity index (χ2v) is 6.60. The highest BCUT2D eigenvalue weighted by Crippen LogP contribution is 2.20. The molecule has 0 bridgehead atoms. The Kier molecular flexibility index (Phi) is 8.99. The summed E-state index contributed by atoms with van der Waals surface area (Å²) in [4.78, 5) is 10.8. The first kappa shape index (κ1) is 17.4. The van der Waals surface area contributed by atoms with Crippen LogP contribution in [0.5, 0.6) is 0 Å².